The lowest BCUT2D eigenvalue weighted by Gasteiger charge is -2.29. The summed E-state index contributed by atoms with van der Waals surface area (Å²) in [5, 5.41) is 3.17. The molecule has 4 heterocycles. The maximum atomic E-state index is 12.8. The van der Waals surface area contributed by atoms with Crippen molar-refractivity contribution in [2.24, 2.45) is 0 Å². The van der Waals surface area contributed by atoms with Gasteiger partial charge in [-0.2, -0.15) is 0 Å². The molecule has 142 valence electrons. The molecule has 0 bridgehead atoms. The van der Waals surface area contributed by atoms with Crippen LogP contribution >= 0.6 is 0 Å². The number of pyridine rings is 1. The highest BCUT2D eigenvalue weighted by Gasteiger charge is 2.22. The summed E-state index contributed by atoms with van der Waals surface area (Å²) in [4.78, 5) is 28.2. The molecule has 1 N–H and O–H groups in total. The van der Waals surface area contributed by atoms with E-state index in [9.17, 15) is 4.79 Å². The van der Waals surface area contributed by atoms with Crippen LogP contribution in [0.15, 0.2) is 43.1 Å². The maximum absolute atomic E-state index is 12.8. The Morgan fingerprint density at radius 1 is 1.18 bits per heavy atom. The number of aromatic nitrogens is 4. The summed E-state index contributed by atoms with van der Waals surface area (Å²) in [6, 6.07) is 2.20. The number of nitrogens with one attached hydrogen (secondary N) is 1. The topological polar surface area (TPSA) is 75.4 Å². The molecule has 7 heteroatoms. The second-order valence-corrected chi connectivity index (χ2v) is 7.57. The molecule has 5 rings (SSSR count). The number of hydrogen-bond donors (Lipinski definition) is 1. The molecule has 7 nitrogen and oxygen atoms in total. The van der Waals surface area contributed by atoms with Gasteiger partial charge in [-0.1, -0.05) is 6.08 Å². The predicted molar refractivity (Wildman–Crippen MR) is 106 cm³/mol. The van der Waals surface area contributed by atoms with E-state index in [0.29, 0.717) is 11.3 Å². The van der Waals surface area contributed by atoms with Gasteiger partial charge in [0.05, 0.1) is 11.3 Å². The summed E-state index contributed by atoms with van der Waals surface area (Å²) >= 11 is 0. The highest BCUT2D eigenvalue weighted by atomic mass is 16.1. The predicted octanol–water partition coefficient (Wildman–Crippen LogP) is 1.94. The Morgan fingerprint density at radius 2 is 2.04 bits per heavy atom. The molecule has 0 spiro atoms. The number of piperidine rings is 1. The molecule has 3 aromatic rings. The number of rotatable bonds is 3. The lowest BCUT2D eigenvalue weighted by Crippen LogP contribution is -2.43. The molecule has 1 fully saturated rings. The molecule has 0 saturated carbocycles. The number of carbonyl (C=O) groups is 1. The molecule has 1 aliphatic heterocycles. The first kappa shape index (κ1) is 17.1. The van der Waals surface area contributed by atoms with Crippen LogP contribution in [0.1, 0.15) is 40.0 Å². The van der Waals surface area contributed by atoms with E-state index < -0.39 is 0 Å². The summed E-state index contributed by atoms with van der Waals surface area (Å²) in [7, 11) is 2.12. The molecule has 28 heavy (non-hydrogen) atoms. The largest absolute Gasteiger partial charge is 0.349 e. The van der Waals surface area contributed by atoms with E-state index in [0.717, 1.165) is 54.7 Å². The molecule has 0 unspecified atom stereocenters. The van der Waals surface area contributed by atoms with Crippen molar-refractivity contribution >= 4 is 17.3 Å². The number of nitrogens with zero attached hydrogens (tertiary/aromatic N) is 5. The molecule has 0 aromatic carbocycles. The number of amides is 1. The Balaban J connectivity index is 1.39. The number of fused-ring (bicyclic) bond motifs is 2. The van der Waals surface area contributed by atoms with Gasteiger partial charge < -0.3 is 10.2 Å². The van der Waals surface area contributed by atoms with Gasteiger partial charge in [0.15, 0.2) is 0 Å². The van der Waals surface area contributed by atoms with Crippen LogP contribution < -0.4 is 5.32 Å². The van der Waals surface area contributed by atoms with Gasteiger partial charge in [0.2, 0.25) is 5.78 Å². The van der Waals surface area contributed by atoms with E-state index in [1.165, 1.54) is 0 Å². The first-order valence-electron chi connectivity index (χ1n) is 9.65. The number of hydrogen-bond acceptors (Lipinski definition) is 5. The Labute approximate surface area is 163 Å². The van der Waals surface area contributed by atoms with Gasteiger partial charge in [-0.3, -0.25) is 14.2 Å². The highest BCUT2D eigenvalue weighted by Crippen LogP contribution is 2.32. The second-order valence-electron chi connectivity index (χ2n) is 7.57. The van der Waals surface area contributed by atoms with Gasteiger partial charge >= 0.3 is 0 Å². The third-order valence-corrected chi connectivity index (χ3v) is 5.63. The Morgan fingerprint density at radius 3 is 2.89 bits per heavy atom. The first-order valence-corrected chi connectivity index (χ1v) is 9.65. The summed E-state index contributed by atoms with van der Waals surface area (Å²) in [6.07, 6.45) is 14.0. The lowest BCUT2D eigenvalue weighted by atomic mass is 10.0. The van der Waals surface area contributed by atoms with Gasteiger partial charge in [0, 0.05) is 54.6 Å². The molecule has 2 aliphatic rings. The number of likely N-dealkylation sites (tertiary alicyclic amines) is 1. The molecule has 1 saturated heterocycles. The number of allylic oxidation sites excluding steroid dienone is 1. The third kappa shape index (κ3) is 3.07. The van der Waals surface area contributed by atoms with Crippen molar-refractivity contribution in [2.75, 3.05) is 20.1 Å². The fourth-order valence-corrected chi connectivity index (χ4v) is 3.97. The smallest absolute Gasteiger partial charge is 0.253 e. The van der Waals surface area contributed by atoms with Gasteiger partial charge in [-0.25, -0.2) is 9.97 Å². The van der Waals surface area contributed by atoms with Gasteiger partial charge in [-0.05, 0) is 44.6 Å². The van der Waals surface area contributed by atoms with Crippen LogP contribution in [0.3, 0.4) is 0 Å². The molecular weight excluding hydrogens is 352 g/mol. The van der Waals surface area contributed by atoms with Gasteiger partial charge in [-0.15, -0.1) is 0 Å². The average molecular weight is 374 g/mol. The Kier molecular flexibility index (Phi) is 4.16. The minimum Gasteiger partial charge on any atom is -0.349 e. The Hall–Kier alpha value is -3.06. The SMILES string of the molecule is CN1CCC(NC(=O)c2cnc3c(c2)C(c2cnc4nccn4c2)=CC3)CC1. The minimum absolute atomic E-state index is 0.0423. The molecular formula is C21H22N6O. The van der Waals surface area contributed by atoms with E-state index >= 15 is 0 Å². The maximum Gasteiger partial charge on any atom is 0.253 e. The molecule has 1 amide bonds. The zero-order valence-electron chi connectivity index (χ0n) is 15.8. The number of carbonyl (C=O) groups excluding carboxylic acids is 1. The van der Waals surface area contributed by atoms with Crippen molar-refractivity contribution in [1.82, 2.24) is 29.6 Å². The fourth-order valence-electron chi connectivity index (χ4n) is 3.97. The number of imidazole rings is 1. The molecule has 3 aromatic heterocycles. The lowest BCUT2D eigenvalue weighted by molar-refractivity contribution is 0.0916. The standard InChI is InChI=1S/C21H22N6O/c1-26-7-4-16(5-8-26)25-20(28)14-10-18-17(2-3-19(18)23-11-14)15-12-24-21-22-6-9-27(21)13-15/h2,6,9-13,16H,3-5,7-8H2,1H3,(H,25,28). The van der Waals surface area contributed by atoms with Crippen molar-refractivity contribution in [3.05, 3.63) is 65.5 Å². The summed E-state index contributed by atoms with van der Waals surface area (Å²) in [5.74, 6) is 0.631. The third-order valence-electron chi connectivity index (χ3n) is 5.63. The van der Waals surface area contributed by atoms with Crippen molar-refractivity contribution in [3.8, 4) is 0 Å². The first-order chi connectivity index (χ1) is 13.7. The fraction of sp³-hybridized carbons (Fsp3) is 0.333. The van der Waals surface area contributed by atoms with Crippen molar-refractivity contribution in [2.45, 2.75) is 25.3 Å². The van der Waals surface area contributed by atoms with E-state index in [2.05, 4.69) is 38.3 Å². The van der Waals surface area contributed by atoms with Gasteiger partial charge in [0.25, 0.3) is 5.91 Å². The van der Waals surface area contributed by atoms with Crippen LogP contribution in [-0.2, 0) is 6.42 Å². The summed E-state index contributed by atoms with van der Waals surface area (Å²) in [5.41, 5.74) is 4.69. The molecule has 0 radical (unpaired) electrons. The normalized spacial score (nSPS) is 17.5. The van der Waals surface area contributed by atoms with E-state index in [1.54, 1.807) is 12.4 Å². The van der Waals surface area contributed by atoms with E-state index in [-0.39, 0.29) is 11.9 Å². The van der Waals surface area contributed by atoms with Crippen LogP contribution in [0, 0.1) is 0 Å². The minimum atomic E-state index is -0.0423. The highest BCUT2D eigenvalue weighted by molar-refractivity contribution is 5.96. The zero-order valence-corrected chi connectivity index (χ0v) is 15.8. The van der Waals surface area contributed by atoms with Crippen LogP contribution in [0.2, 0.25) is 0 Å². The van der Waals surface area contributed by atoms with E-state index in [4.69, 9.17) is 0 Å². The summed E-state index contributed by atoms with van der Waals surface area (Å²) < 4.78 is 1.90. The van der Waals surface area contributed by atoms with Crippen LogP contribution in [-0.4, -0.2) is 56.3 Å². The average Bonchev–Trinajstić information content (AvgIpc) is 3.35. The van der Waals surface area contributed by atoms with Crippen LogP contribution in [0.25, 0.3) is 11.4 Å². The van der Waals surface area contributed by atoms with Crippen molar-refractivity contribution < 1.29 is 4.79 Å². The van der Waals surface area contributed by atoms with Crippen molar-refractivity contribution in [1.29, 1.82) is 0 Å². The second kappa shape index (κ2) is 6.83. The molecule has 1 aliphatic carbocycles. The van der Waals surface area contributed by atoms with Crippen LogP contribution in [0.4, 0.5) is 0 Å². The quantitative estimate of drug-likeness (QED) is 0.758. The van der Waals surface area contributed by atoms with Crippen LogP contribution in [0.5, 0.6) is 0 Å². The van der Waals surface area contributed by atoms with Gasteiger partial charge in [0.1, 0.15) is 0 Å². The summed E-state index contributed by atoms with van der Waals surface area (Å²) in [6.45, 7) is 2.04. The van der Waals surface area contributed by atoms with Crippen molar-refractivity contribution in [3.63, 3.8) is 0 Å². The molecule has 0 atom stereocenters. The van der Waals surface area contributed by atoms with E-state index in [1.807, 2.05) is 29.1 Å². The monoisotopic (exact) mass is 374 g/mol. The zero-order chi connectivity index (χ0) is 19.1. The Bertz CT molecular complexity index is 1080.